The van der Waals surface area contributed by atoms with Crippen LogP contribution >= 0.6 is 0 Å². The Morgan fingerprint density at radius 2 is 2.05 bits per heavy atom. The fourth-order valence-electron chi connectivity index (χ4n) is 1.63. The van der Waals surface area contributed by atoms with E-state index in [0.29, 0.717) is 0 Å². The highest BCUT2D eigenvalue weighted by molar-refractivity contribution is 5.78. The molecule has 1 atom stereocenters. The molecule has 0 unspecified atom stereocenters. The molecule has 1 aromatic rings. The molecule has 0 heterocycles. The van der Waals surface area contributed by atoms with E-state index in [2.05, 4.69) is 10.6 Å². The Balaban J connectivity index is 2.40. The van der Waals surface area contributed by atoms with Gasteiger partial charge in [0.1, 0.15) is 0 Å². The summed E-state index contributed by atoms with van der Waals surface area (Å²) in [4.78, 5) is 11.5. The quantitative estimate of drug-likeness (QED) is 0.865. The number of alkyl halides is 3. The highest BCUT2D eigenvalue weighted by atomic mass is 19.4. The monoisotopic (exact) mass is 274 g/mol. The molecule has 6 heteroatoms. The van der Waals surface area contributed by atoms with E-state index < -0.39 is 18.6 Å². The third kappa shape index (κ3) is 6.24. The fraction of sp³-hybridized carbons (Fsp3) is 0.462. The summed E-state index contributed by atoms with van der Waals surface area (Å²) in [6, 6.07) is 7.35. The molecule has 0 fully saturated rings. The summed E-state index contributed by atoms with van der Waals surface area (Å²) in [5.41, 5.74) is 1.98. The maximum absolute atomic E-state index is 11.9. The number of rotatable bonds is 5. The van der Waals surface area contributed by atoms with Crippen molar-refractivity contribution in [1.82, 2.24) is 10.6 Å². The largest absolute Gasteiger partial charge is 0.401 e. The fourth-order valence-corrected chi connectivity index (χ4v) is 1.63. The molecule has 0 aliphatic heterocycles. The number of amides is 1. The van der Waals surface area contributed by atoms with Gasteiger partial charge in [-0.25, -0.2) is 0 Å². The van der Waals surface area contributed by atoms with Crippen LogP contribution in [0.15, 0.2) is 24.3 Å². The normalized spacial score (nSPS) is 13.1. The maximum Gasteiger partial charge on any atom is 0.401 e. The molecule has 0 aromatic heterocycles. The minimum atomic E-state index is -4.30. The van der Waals surface area contributed by atoms with Crippen LogP contribution in [-0.4, -0.2) is 25.2 Å². The standard InChI is InChI=1S/C13H17F3N2O/c1-9-4-3-5-11(6-9)10(2)18-12(19)7-17-8-13(14,15)16/h3-6,10,17H,7-8H2,1-2H3,(H,18,19)/t10-/m0/s1. The highest BCUT2D eigenvalue weighted by Gasteiger charge is 2.26. The van der Waals surface area contributed by atoms with Gasteiger partial charge in [-0.3, -0.25) is 4.79 Å². The summed E-state index contributed by atoms with van der Waals surface area (Å²) < 4.78 is 35.7. The van der Waals surface area contributed by atoms with E-state index in [4.69, 9.17) is 0 Å². The number of nitrogens with one attached hydrogen (secondary N) is 2. The van der Waals surface area contributed by atoms with Crippen LogP contribution in [0.5, 0.6) is 0 Å². The first-order valence-corrected chi connectivity index (χ1v) is 5.91. The molecule has 0 spiro atoms. The summed E-state index contributed by atoms with van der Waals surface area (Å²) in [5.74, 6) is -0.460. The van der Waals surface area contributed by atoms with Crippen LogP contribution < -0.4 is 10.6 Å². The van der Waals surface area contributed by atoms with E-state index in [-0.39, 0.29) is 12.6 Å². The van der Waals surface area contributed by atoms with Crippen molar-refractivity contribution in [2.75, 3.05) is 13.1 Å². The van der Waals surface area contributed by atoms with Crippen molar-refractivity contribution in [3.63, 3.8) is 0 Å². The maximum atomic E-state index is 11.9. The summed E-state index contributed by atoms with van der Waals surface area (Å²) in [7, 11) is 0. The SMILES string of the molecule is Cc1cccc([C@H](C)NC(=O)CNCC(F)(F)F)c1. The van der Waals surface area contributed by atoms with Crippen LogP contribution in [0.3, 0.4) is 0 Å². The Kier molecular flexibility index (Phi) is 5.35. The second-order valence-electron chi connectivity index (χ2n) is 4.42. The number of carbonyl (C=O) groups is 1. The lowest BCUT2D eigenvalue weighted by Crippen LogP contribution is -2.39. The number of benzene rings is 1. The van der Waals surface area contributed by atoms with Gasteiger partial charge in [0, 0.05) is 0 Å². The molecule has 3 nitrogen and oxygen atoms in total. The first kappa shape index (κ1) is 15.5. The van der Waals surface area contributed by atoms with Crippen molar-refractivity contribution in [3.05, 3.63) is 35.4 Å². The Bertz CT molecular complexity index is 432. The molecule has 0 radical (unpaired) electrons. The van der Waals surface area contributed by atoms with Crippen molar-refractivity contribution in [2.24, 2.45) is 0 Å². The first-order valence-electron chi connectivity index (χ1n) is 5.91. The Morgan fingerprint density at radius 3 is 2.63 bits per heavy atom. The summed E-state index contributed by atoms with van der Waals surface area (Å²) in [6.45, 7) is 2.20. The molecule has 1 aromatic carbocycles. The van der Waals surface area contributed by atoms with E-state index in [1.807, 2.05) is 31.2 Å². The summed E-state index contributed by atoms with van der Waals surface area (Å²) >= 11 is 0. The minimum absolute atomic E-state index is 0.236. The van der Waals surface area contributed by atoms with E-state index in [9.17, 15) is 18.0 Å². The highest BCUT2D eigenvalue weighted by Crippen LogP contribution is 2.14. The Labute approximate surface area is 110 Å². The minimum Gasteiger partial charge on any atom is -0.348 e. The van der Waals surface area contributed by atoms with E-state index in [1.54, 1.807) is 6.92 Å². The van der Waals surface area contributed by atoms with Crippen molar-refractivity contribution in [1.29, 1.82) is 0 Å². The van der Waals surface area contributed by atoms with Gasteiger partial charge in [0.05, 0.1) is 19.1 Å². The molecule has 0 saturated carbocycles. The number of halogens is 3. The smallest absolute Gasteiger partial charge is 0.348 e. The van der Waals surface area contributed by atoms with Crippen LogP contribution in [0.4, 0.5) is 13.2 Å². The van der Waals surface area contributed by atoms with Gasteiger partial charge in [-0.05, 0) is 19.4 Å². The zero-order valence-electron chi connectivity index (χ0n) is 10.8. The second kappa shape index (κ2) is 6.56. The Morgan fingerprint density at radius 1 is 1.37 bits per heavy atom. The molecule has 1 amide bonds. The predicted octanol–water partition coefficient (Wildman–Crippen LogP) is 2.32. The lowest BCUT2D eigenvalue weighted by Gasteiger charge is -2.15. The van der Waals surface area contributed by atoms with E-state index >= 15 is 0 Å². The summed E-state index contributed by atoms with van der Waals surface area (Å²) in [6.07, 6.45) is -4.30. The van der Waals surface area contributed by atoms with Crippen molar-refractivity contribution < 1.29 is 18.0 Å². The topological polar surface area (TPSA) is 41.1 Å². The van der Waals surface area contributed by atoms with E-state index in [1.165, 1.54) is 0 Å². The average molecular weight is 274 g/mol. The molecular formula is C13H17F3N2O. The van der Waals surface area contributed by atoms with Gasteiger partial charge in [-0.15, -0.1) is 0 Å². The zero-order valence-corrected chi connectivity index (χ0v) is 10.8. The molecule has 0 aliphatic carbocycles. The van der Waals surface area contributed by atoms with Crippen LogP contribution in [0.1, 0.15) is 24.1 Å². The van der Waals surface area contributed by atoms with Gasteiger partial charge in [0.15, 0.2) is 0 Å². The van der Waals surface area contributed by atoms with Gasteiger partial charge in [-0.1, -0.05) is 29.8 Å². The van der Waals surface area contributed by atoms with Gasteiger partial charge in [-0.2, -0.15) is 13.2 Å². The summed E-state index contributed by atoms with van der Waals surface area (Å²) in [5, 5.41) is 4.70. The third-order valence-corrected chi connectivity index (χ3v) is 2.53. The molecular weight excluding hydrogens is 257 g/mol. The van der Waals surface area contributed by atoms with Gasteiger partial charge in [0.2, 0.25) is 5.91 Å². The number of aryl methyl sites for hydroxylation is 1. The van der Waals surface area contributed by atoms with Crippen molar-refractivity contribution in [2.45, 2.75) is 26.1 Å². The molecule has 0 aliphatic rings. The average Bonchev–Trinajstić information content (AvgIpc) is 2.27. The molecule has 106 valence electrons. The van der Waals surface area contributed by atoms with Gasteiger partial charge in [0.25, 0.3) is 0 Å². The first-order chi connectivity index (χ1) is 8.78. The lowest BCUT2D eigenvalue weighted by molar-refractivity contribution is -0.128. The van der Waals surface area contributed by atoms with Crippen LogP contribution in [0.25, 0.3) is 0 Å². The number of hydrogen-bond donors (Lipinski definition) is 2. The van der Waals surface area contributed by atoms with Crippen LogP contribution in [-0.2, 0) is 4.79 Å². The Hall–Kier alpha value is -1.56. The molecule has 1 rings (SSSR count). The predicted molar refractivity (Wildman–Crippen MR) is 66.7 cm³/mol. The van der Waals surface area contributed by atoms with Gasteiger partial charge < -0.3 is 10.6 Å². The lowest BCUT2D eigenvalue weighted by atomic mass is 10.1. The molecule has 19 heavy (non-hydrogen) atoms. The van der Waals surface area contributed by atoms with Crippen molar-refractivity contribution >= 4 is 5.91 Å². The third-order valence-electron chi connectivity index (χ3n) is 2.53. The van der Waals surface area contributed by atoms with Crippen LogP contribution in [0.2, 0.25) is 0 Å². The molecule has 0 saturated heterocycles. The second-order valence-corrected chi connectivity index (χ2v) is 4.42. The zero-order chi connectivity index (χ0) is 14.5. The van der Waals surface area contributed by atoms with Gasteiger partial charge >= 0.3 is 6.18 Å². The number of carbonyl (C=O) groups excluding carboxylic acids is 1. The number of hydrogen-bond acceptors (Lipinski definition) is 2. The van der Waals surface area contributed by atoms with Crippen LogP contribution in [0, 0.1) is 6.92 Å². The molecule has 2 N–H and O–H groups in total. The van der Waals surface area contributed by atoms with E-state index in [0.717, 1.165) is 11.1 Å². The van der Waals surface area contributed by atoms with Crippen molar-refractivity contribution in [3.8, 4) is 0 Å². The molecule has 0 bridgehead atoms.